The fourth-order valence-corrected chi connectivity index (χ4v) is 4.02. The number of carbonyl (C=O) groups excluding carboxylic acids is 2. The third-order valence-corrected chi connectivity index (χ3v) is 5.71. The maximum absolute atomic E-state index is 12.9. The Balaban J connectivity index is 1.86. The number of hydrogen-bond donors (Lipinski definition) is 0. The van der Waals surface area contributed by atoms with Crippen molar-refractivity contribution in [3.05, 3.63) is 81.4 Å². The van der Waals surface area contributed by atoms with E-state index in [4.69, 9.17) is 4.28 Å². The number of imide groups is 1. The van der Waals surface area contributed by atoms with Crippen molar-refractivity contribution in [1.29, 1.82) is 0 Å². The summed E-state index contributed by atoms with van der Waals surface area (Å²) >= 11 is 0. The lowest BCUT2D eigenvalue weighted by Gasteiger charge is -2.25. The molecule has 0 saturated heterocycles. The van der Waals surface area contributed by atoms with Gasteiger partial charge in [-0.2, -0.15) is 8.42 Å². The SMILES string of the molecule is Cc1ccc(S(=O)(=O)ON2C(=O)c3cccc4ccc([N+](=O)[O-])c(c34)C2=O)cc1. The summed E-state index contributed by atoms with van der Waals surface area (Å²) in [6.07, 6.45) is 0. The summed E-state index contributed by atoms with van der Waals surface area (Å²) in [7, 11) is -4.53. The Morgan fingerprint density at radius 3 is 2.31 bits per heavy atom. The first-order valence-corrected chi connectivity index (χ1v) is 9.72. The second kappa shape index (κ2) is 6.47. The molecule has 4 rings (SSSR count). The quantitative estimate of drug-likeness (QED) is 0.366. The van der Waals surface area contributed by atoms with Crippen LogP contribution in [-0.2, 0) is 14.4 Å². The molecule has 146 valence electrons. The van der Waals surface area contributed by atoms with Crippen molar-refractivity contribution in [3.8, 4) is 0 Å². The molecule has 0 aromatic heterocycles. The minimum atomic E-state index is -4.53. The van der Waals surface area contributed by atoms with Gasteiger partial charge in [-0.15, -0.1) is 9.35 Å². The summed E-state index contributed by atoms with van der Waals surface area (Å²) < 4.78 is 30.0. The third kappa shape index (κ3) is 2.94. The molecule has 1 aliphatic rings. The number of hydroxylamine groups is 2. The highest BCUT2D eigenvalue weighted by Gasteiger charge is 2.41. The number of benzene rings is 3. The first-order valence-electron chi connectivity index (χ1n) is 8.31. The topological polar surface area (TPSA) is 124 Å². The summed E-state index contributed by atoms with van der Waals surface area (Å²) in [4.78, 5) is 36.1. The molecule has 10 heteroatoms. The van der Waals surface area contributed by atoms with Crippen molar-refractivity contribution in [2.45, 2.75) is 11.8 Å². The van der Waals surface area contributed by atoms with E-state index in [1.807, 2.05) is 0 Å². The van der Waals surface area contributed by atoms with Crippen LogP contribution < -0.4 is 0 Å². The zero-order valence-corrected chi connectivity index (χ0v) is 15.7. The molecular formula is C19H12N2O7S. The fraction of sp³-hybridized carbons (Fsp3) is 0.0526. The van der Waals surface area contributed by atoms with Gasteiger partial charge in [0.2, 0.25) is 0 Å². The molecule has 0 bridgehead atoms. The molecule has 2 amide bonds. The molecule has 3 aromatic rings. The molecule has 0 saturated carbocycles. The van der Waals surface area contributed by atoms with Gasteiger partial charge in [-0.3, -0.25) is 19.7 Å². The lowest BCUT2D eigenvalue weighted by Crippen LogP contribution is -2.42. The van der Waals surface area contributed by atoms with Gasteiger partial charge in [-0.25, -0.2) is 0 Å². The second-order valence-corrected chi connectivity index (χ2v) is 7.90. The molecule has 0 radical (unpaired) electrons. The largest absolute Gasteiger partial charge is 0.318 e. The lowest BCUT2D eigenvalue weighted by molar-refractivity contribution is -0.385. The number of amides is 2. The Morgan fingerprint density at radius 1 is 0.966 bits per heavy atom. The van der Waals surface area contributed by atoms with Crippen LogP contribution >= 0.6 is 0 Å². The van der Waals surface area contributed by atoms with Crippen molar-refractivity contribution >= 4 is 38.4 Å². The van der Waals surface area contributed by atoms with Crippen LogP contribution in [0.1, 0.15) is 26.3 Å². The van der Waals surface area contributed by atoms with E-state index in [9.17, 15) is 28.1 Å². The van der Waals surface area contributed by atoms with E-state index in [1.54, 1.807) is 13.0 Å². The van der Waals surface area contributed by atoms with Crippen molar-refractivity contribution in [1.82, 2.24) is 5.06 Å². The van der Waals surface area contributed by atoms with Gasteiger partial charge in [0, 0.05) is 11.5 Å². The maximum atomic E-state index is 12.9. The highest BCUT2D eigenvalue weighted by atomic mass is 32.2. The lowest BCUT2D eigenvalue weighted by atomic mass is 9.94. The predicted molar refractivity (Wildman–Crippen MR) is 101 cm³/mol. The first kappa shape index (κ1) is 18.7. The number of hydrogen-bond acceptors (Lipinski definition) is 7. The number of aryl methyl sites for hydroxylation is 1. The Kier molecular flexibility index (Phi) is 4.17. The number of nitrogens with zero attached hydrogens (tertiary/aromatic N) is 2. The highest BCUT2D eigenvalue weighted by Crippen LogP contribution is 2.36. The van der Waals surface area contributed by atoms with Gasteiger partial charge >= 0.3 is 10.1 Å². The summed E-state index contributed by atoms with van der Waals surface area (Å²) in [6.45, 7) is 1.76. The average Bonchev–Trinajstić information content (AvgIpc) is 2.69. The molecule has 0 N–H and O–H groups in total. The maximum Gasteiger partial charge on any atom is 0.318 e. The summed E-state index contributed by atoms with van der Waals surface area (Å²) in [5, 5.41) is 12.0. The summed E-state index contributed by atoms with van der Waals surface area (Å²) in [5.41, 5.74) is -0.226. The monoisotopic (exact) mass is 412 g/mol. The minimum Gasteiger partial charge on any atom is -0.266 e. The van der Waals surface area contributed by atoms with Crippen LogP contribution in [0.3, 0.4) is 0 Å². The first-order chi connectivity index (χ1) is 13.7. The Bertz CT molecular complexity index is 1310. The van der Waals surface area contributed by atoms with Crippen LogP contribution in [-0.4, -0.2) is 30.2 Å². The standard InChI is InChI=1S/C19H12N2O7S/c1-11-5-8-13(9-6-11)29(26,27)28-20-18(22)14-4-2-3-12-7-10-15(21(24)25)17(16(12)14)19(20)23/h2-10H,1H3. The highest BCUT2D eigenvalue weighted by molar-refractivity contribution is 7.86. The van der Waals surface area contributed by atoms with Gasteiger partial charge < -0.3 is 0 Å². The van der Waals surface area contributed by atoms with Gasteiger partial charge in [0.05, 0.1) is 15.4 Å². The van der Waals surface area contributed by atoms with E-state index in [1.165, 1.54) is 42.5 Å². The van der Waals surface area contributed by atoms with Crippen molar-refractivity contribution in [2.24, 2.45) is 0 Å². The number of nitro benzene ring substituents is 1. The smallest absolute Gasteiger partial charge is 0.266 e. The molecular weight excluding hydrogens is 400 g/mol. The molecule has 29 heavy (non-hydrogen) atoms. The third-order valence-electron chi connectivity index (χ3n) is 4.52. The summed E-state index contributed by atoms with van der Waals surface area (Å²) in [6, 6.07) is 12.6. The van der Waals surface area contributed by atoms with Gasteiger partial charge in [-0.1, -0.05) is 29.8 Å². The molecule has 1 aliphatic heterocycles. The molecule has 0 atom stereocenters. The molecule has 0 unspecified atom stereocenters. The van der Waals surface area contributed by atoms with E-state index in [2.05, 4.69) is 0 Å². The molecule has 0 aliphatic carbocycles. The minimum absolute atomic E-state index is 0.0549. The fourth-order valence-electron chi connectivity index (χ4n) is 3.13. The molecule has 0 spiro atoms. The Morgan fingerprint density at radius 2 is 1.66 bits per heavy atom. The van der Waals surface area contributed by atoms with Crippen LogP contribution in [0.15, 0.2) is 59.5 Å². The Labute approximate surface area is 164 Å². The van der Waals surface area contributed by atoms with E-state index >= 15 is 0 Å². The van der Waals surface area contributed by atoms with Crippen LogP contribution in [0, 0.1) is 17.0 Å². The van der Waals surface area contributed by atoms with Crippen molar-refractivity contribution in [2.75, 3.05) is 0 Å². The zero-order chi connectivity index (χ0) is 20.9. The molecule has 9 nitrogen and oxygen atoms in total. The van der Waals surface area contributed by atoms with Crippen molar-refractivity contribution in [3.63, 3.8) is 0 Å². The Hall–Kier alpha value is -3.63. The molecule has 1 heterocycles. The normalized spacial score (nSPS) is 13.8. The van der Waals surface area contributed by atoms with Crippen LogP contribution in [0.2, 0.25) is 0 Å². The van der Waals surface area contributed by atoms with Crippen LogP contribution in [0.25, 0.3) is 10.8 Å². The van der Waals surface area contributed by atoms with Gasteiger partial charge in [0.25, 0.3) is 17.5 Å². The van der Waals surface area contributed by atoms with E-state index in [0.29, 0.717) is 5.39 Å². The number of nitro groups is 1. The van der Waals surface area contributed by atoms with E-state index < -0.39 is 38.1 Å². The van der Waals surface area contributed by atoms with Crippen LogP contribution in [0.5, 0.6) is 0 Å². The van der Waals surface area contributed by atoms with E-state index in [-0.39, 0.29) is 20.9 Å². The average molecular weight is 412 g/mol. The van der Waals surface area contributed by atoms with Crippen LogP contribution in [0.4, 0.5) is 5.69 Å². The molecule has 0 fully saturated rings. The number of rotatable bonds is 4. The van der Waals surface area contributed by atoms with Crippen molar-refractivity contribution < 1.29 is 27.2 Å². The number of carbonyl (C=O) groups is 2. The summed E-state index contributed by atoms with van der Waals surface area (Å²) in [5.74, 6) is -2.24. The van der Waals surface area contributed by atoms with Gasteiger partial charge in [-0.05, 0) is 36.6 Å². The van der Waals surface area contributed by atoms with Gasteiger partial charge in [0.15, 0.2) is 0 Å². The van der Waals surface area contributed by atoms with Gasteiger partial charge in [0.1, 0.15) is 5.56 Å². The second-order valence-electron chi connectivity index (χ2n) is 6.37. The zero-order valence-electron chi connectivity index (χ0n) is 14.9. The predicted octanol–water partition coefficient (Wildman–Crippen LogP) is 2.97. The van der Waals surface area contributed by atoms with E-state index in [0.717, 1.165) is 11.6 Å². The molecule has 3 aromatic carbocycles.